The van der Waals surface area contributed by atoms with Crippen LogP contribution in [-0.4, -0.2) is 14.9 Å². The molecule has 108 valence electrons. The molecule has 1 N–H and O–H groups in total. The van der Waals surface area contributed by atoms with Gasteiger partial charge >= 0.3 is 6.18 Å². The lowest BCUT2D eigenvalue weighted by Gasteiger charge is -2.09. The third kappa shape index (κ3) is 2.45. The maximum absolute atomic E-state index is 12.7. The predicted molar refractivity (Wildman–Crippen MR) is 66.5 cm³/mol. The van der Waals surface area contributed by atoms with Crippen molar-refractivity contribution in [2.75, 3.05) is 0 Å². The molecular weight excluding hydrogens is 275 g/mol. The fraction of sp³-hybridized carbons (Fsp3) is 0.417. The maximum atomic E-state index is 12.7. The summed E-state index contributed by atoms with van der Waals surface area (Å²) in [5, 5.41) is 10.9. The van der Waals surface area contributed by atoms with E-state index < -0.39 is 16.9 Å². The first-order chi connectivity index (χ1) is 9.24. The molecule has 8 heteroatoms. The number of aromatic amines is 1. The second-order valence-electron chi connectivity index (χ2n) is 4.58. The van der Waals surface area contributed by atoms with E-state index >= 15 is 0 Å². The van der Waals surface area contributed by atoms with Crippen LogP contribution in [0.1, 0.15) is 37.6 Å². The van der Waals surface area contributed by atoms with E-state index in [1.807, 2.05) is 6.92 Å². The second-order valence-corrected chi connectivity index (χ2v) is 4.58. The first kappa shape index (κ1) is 14.3. The predicted octanol–water partition coefficient (Wildman–Crippen LogP) is 4.00. The Bertz CT molecular complexity index is 664. The minimum absolute atomic E-state index is 0.0295. The van der Waals surface area contributed by atoms with Crippen molar-refractivity contribution in [3.05, 3.63) is 33.6 Å². The maximum Gasteiger partial charge on any atom is 0.449 e. The lowest BCUT2D eigenvalue weighted by Crippen LogP contribution is -2.07. The fourth-order valence-corrected chi connectivity index (χ4v) is 1.96. The fourth-order valence-electron chi connectivity index (χ4n) is 1.96. The van der Waals surface area contributed by atoms with Gasteiger partial charge in [-0.3, -0.25) is 10.1 Å². The lowest BCUT2D eigenvalue weighted by molar-refractivity contribution is -0.384. The standard InChI is InChI=1S/C12H12F3N3O2/c1-3-6(2)8-4-7(18(19)20)5-9-10(8)17-11(16-9)12(13,14)15/h4-6H,3H2,1-2H3,(H,16,17). The zero-order valence-electron chi connectivity index (χ0n) is 10.8. The summed E-state index contributed by atoms with van der Waals surface area (Å²) in [6.45, 7) is 3.65. The molecule has 20 heavy (non-hydrogen) atoms. The molecule has 0 saturated carbocycles. The minimum Gasteiger partial charge on any atom is -0.334 e. The molecule has 0 saturated heterocycles. The highest BCUT2D eigenvalue weighted by Crippen LogP contribution is 2.34. The number of aromatic nitrogens is 2. The van der Waals surface area contributed by atoms with Gasteiger partial charge in [-0.15, -0.1) is 0 Å². The highest BCUT2D eigenvalue weighted by molar-refractivity contribution is 5.82. The highest BCUT2D eigenvalue weighted by atomic mass is 19.4. The Morgan fingerprint density at radius 2 is 2.10 bits per heavy atom. The van der Waals surface area contributed by atoms with Crippen LogP contribution in [0.3, 0.4) is 0 Å². The SMILES string of the molecule is CCC(C)c1cc([N+](=O)[O-])cc2[nH]c(C(F)(F)F)nc12. The molecule has 1 aromatic carbocycles. The molecule has 0 fully saturated rings. The van der Waals surface area contributed by atoms with Gasteiger partial charge in [0.15, 0.2) is 0 Å². The van der Waals surface area contributed by atoms with Crippen molar-refractivity contribution in [2.24, 2.45) is 0 Å². The molecular formula is C12H12F3N3O2. The van der Waals surface area contributed by atoms with Gasteiger partial charge in [-0.25, -0.2) is 4.98 Å². The van der Waals surface area contributed by atoms with E-state index in [9.17, 15) is 23.3 Å². The van der Waals surface area contributed by atoms with E-state index in [1.165, 1.54) is 6.07 Å². The van der Waals surface area contributed by atoms with E-state index in [4.69, 9.17) is 0 Å². The van der Waals surface area contributed by atoms with Crippen LogP contribution in [0, 0.1) is 10.1 Å². The molecule has 0 aliphatic carbocycles. The van der Waals surface area contributed by atoms with E-state index in [0.29, 0.717) is 12.0 Å². The number of H-pyrrole nitrogens is 1. The third-order valence-corrected chi connectivity index (χ3v) is 3.22. The van der Waals surface area contributed by atoms with Gasteiger partial charge in [0, 0.05) is 12.1 Å². The summed E-state index contributed by atoms with van der Waals surface area (Å²) in [4.78, 5) is 15.9. The molecule has 1 aromatic heterocycles. The molecule has 2 aromatic rings. The monoisotopic (exact) mass is 287 g/mol. The average molecular weight is 287 g/mol. The van der Waals surface area contributed by atoms with Crippen molar-refractivity contribution in [3.63, 3.8) is 0 Å². The number of rotatable bonds is 3. The first-order valence-corrected chi connectivity index (χ1v) is 5.99. The molecule has 2 rings (SSSR count). The molecule has 1 unspecified atom stereocenters. The van der Waals surface area contributed by atoms with E-state index in [1.54, 1.807) is 6.92 Å². The van der Waals surface area contributed by atoms with Crippen LogP contribution in [0.25, 0.3) is 11.0 Å². The Kier molecular flexibility index (Phi) is 3.41. The summed E-state index contributed by atoms with van der Waals surface area (Å²) >= 11 is 0. The summed E-state index contributed by atoms with van der Waals surface area (Å²) in [5.41, 5.74) is 0.368. The summed E-state index contributed by atoms with van der Waals surface area (Å²) in [6, 6.07) is 2.36. The van der Waals surface area contributed by atoms with E-state index in [-0.39, 0.29) is 22.6 Å². The van der Waals surface area contributed by atoms with Gasteiger partial charge in [-0.2, -0.15) is 13.2 Å². The molecule has 0 bridgehead atoms. The van der Waals surface area contributed by atoms with Crippen molar-refractivity contribution >= 4 is 16.7 Å². The van der Waals surface area contributed by atoms with E-state index in [2.05, 4.69) is 9.97 Å². The smallest absolute Gasteiger partial charge is 0.334 e. The number of halogens is 3. The normalized spacial score (nSPS) is 13.7. The van der Waals surface area contributed by atoms with E-state index in [0.717, 1.165) is 6.07 Å². The number of non-ortho nitro benzene ring substituents is 1. The Morgan fingerprint density at radius 1 is 1.45 bits per heavy atom. The average Bonchev–Trinajstić information content (AvgIpc) is 2.80. The molecule has 0 aliphatic heterocycles. The molecule has 0 aliphatic rings. The zero-order valence-corrected chi connectivity index (χ0v) is 10.8. The van der Waals surface area contributed by atoms with Crippen LogP contribution in [0.2, 0.25) is 0 Å². The number of imidazole rings is 1. The van der Waals surface area contributed by atoms with Crippen LogP contribution in [0.5, 0.6) is 0 Å². The van der Waals surface area contributed by atoms with Gasteiger partial charge in [0.25, 0.3) is 5.69 Å². The summed E-state index contributed by atoms with van der Waals surface area (Å²) < 4.78 is 38.0. The largest absolute Gasteiger partial charge is 0.449 e. The Balaban J connectivity index is 2.73. The summed E-state index contributed by atoms with van der Waals surface area (Å²) in [5.74, 6) is -1.26. The number of fused-ring (bicyclic) bond motifs is 1. The minimum atomic E-state index is -4.61. The van der Waals surface area contributed by atoms with Gasteiger partial charge in [-0.1, -0.05) is 13.8 Å². The topological polar surface area (TPSA) is 71.8 Å². The van der Waals surface area contributed by atoms with Crippen molar-refractivity contribution in [1.29, 1.82) is 0 Å². The molecule has 5 nitrogen and oxygen atoms in total. The molecule has 0 amide bonds. The van der Waals surface area contributed by atoms with Crippen LogP contribution < -0.4 is 0 Å². The van der Waals surface area contributed by atoms with Gasteiger partial charge in [0.05, 0.1) is 16.0 Å². The van der Waals surface area contributed by atoms with Crippen molar-refractivity contribution in [2.45, 2.75) is 32.4 Å². The van der Waals surface area contributed by atoms with Crippen LogP contribution in [-0.2, 0) is 6.18 Å². The number of hydrogen-bond acceptors (Lipinski definition) is 3. The molecule has 1 atom stereocenters. The Morgan fingerprint density at radius 3 is 2.60 bits per heavy atom. The number of nitro groups is 1. The number of benzene rings is 1. The number of nitrogens with one attached hydrogen (secondary N) is 1. The van der Waals surface area contributed by atoms with Crippen LogP contribution in [0.4, 0.5) is 18.9 Å². The molecule has 0 spiro atoms. The molecule has 1 heterocycles. The zero-order chi connectivity index (χ0) is 15.1. The Labute approximate surface area is 112 Å². The first-order valence-electron chi connectivity index (χ1n) is 5.99. The third-order valence-electron chi connectivity index (χ3n) is 3.22. The number of nitrogens with zero attached hydrogens (tertiary/aromatic N) is 2. The molecule has 0 radical (unpaired) electrons. The number of alkyl halides is 3. The van der Waals surface area contributed by atoms with Crippen LogP contribution >= 0.6 is 0 Å². The van der Waals surface area contributed by atoms with Gasteiger partial charge in [0.2, 0.25) is 5.82 Å². The van der Waals surface area contributed by atoms with Gasteiger partial charge in [0.1, 0.15) is 0 Å². The highest BCUT2D eigenvalue weighted by Gasteiger charge is 2.35. The van der Waals surface area contributed by atoms with Crippen molar-refractivity contribution < 1.29 is 18.1 Å². The summed E-state index contributed by atoms with van der Waals surface area (Å²) in [6.07, 6.45) is -3.97. The second kappa shape index (κ2) is 4.77. The Hall–Kier alpha value is -2.12. The number of hydrogen-bond donors (Lipinski definition) is 1. The van der Waals surface area contributed by atoms with Gasteiger partial charge in [-0.05, 0) is 17.9 Å². The van der Waals surface area contributed by atoms with Crippen molar-refractivity contribution in [3.8, 4) is 0 Å². The summed E-state index contributed by atoms with van der Waals surface area (Å²) in [7, 11) is 0. The van der Waals surface area contributed by atoms with Gasteiger partial charge < -0.3 is 4.98 Å². The number of nitro benzene ring substituents is 1. The van der Waals surface area contributed by atoms with Crippen LogP contribution in [0.15, 0.2) is 12.1 Å². The quantitative estimate of drug-likeness (QED) is 0.685. The lowest BCUT2D eigenvalue weighted by atomic mass is 9.97. The van der Waals surface area contributed by atoms with Crippen molar-refractivity contribution in [1.82, 2.24) is 9.97 Å².